The molecule has 0 saturated carbocycles. The Hall–Kier alpha value is -4.37. The molecule has 36 heavy (non-hydrogen) atoms. The minimum absolute atomic E-state index is 0.0492. The van der Waals surface area contributed by atoms with Crippen LogP contribution in [0.2, 0.25) is 0 Å². The number of rotatable bonds is 7. The molecule has 0 fully saturated rings. The molecule has 1 aromatic heterocycles. The van der Waals surface area contributed by atoms with Gasteiger partial charge in [0.25, 0.3) is 5.69 Å². The Morgan fingerprint density at radius 2 is 1.94 bits per heavy atom. The molecule has 0 spiro atoms. The molecule has 4 aromatic rings. The van der Waals surface area contributed by atoms with Crippen LogP contribution in [0.4, 0.5) is 11.4 Å². The Kier molecular flexibility index (Phi) is 7.50. The highest BCUT2D eigenvalue weighted by Gasteiger charge is 2.11. The Bertz CT molecular complexity index is 1460. The molecule has 0 saturated heterocycles. The van der Waals surface area contributed by atoms with E-state index >= 15 is 0 Å². The Labute approximate surface area is 213 Å². The fraction of sp³-hybridized carbons (Fsp3) is 0.148. The average molecular weight is 501 g/mol. The van der Waals surface area contributed by atoms with E-state index in [1.807, 2.05) is 30.3 Å². The molecule has 4 rings (SSSR count). The van der Waals surface area contributed by atoms with Crippen LogP contribution < -0.4 is 10.6 Å². The summed E-state index contributed by atoms with van der Waals surface area (Å²) < 4.78 is 5.92. The highest BCUT2D eigenvalue weighted by molar-refractivity contribution is 7.80. The van der Waals surface area contributed by atoms with E-state index in [1.165, 1.54) is 29.8 Å². The van der Waals surface area contributed by atoms with E-state index in [2.05, 4.69) is 41.6 Å². The van der Waals surface area contributed by atoms with E-state index in [4.69, 9.17) is 16.6 Å². The van der Waals surface area contributed by atoms with Crippen LogP contribution in [0.1, 0.15) is 37.3 Å². The number of anilines is 1. The van der Waals surface area contributed by atoms with Crippen molar-refractivity contribution in [3.05, 3.63) is 94.0 Å². The molecule has 0 bridgehead atoms. The Morgan fingerprint density at radius 3 is 2.67 bits per heavy atom. The first-order valence-electron chi connectivity index (χ1n) is 11.4. The summed E-state index contributed by atoms with van der Waals surface area (Å²) in [5.41, 5.74) is 4.78. The number of hydrogen-bond acceptors (Lipinski definition) is 6. The van der Waals surface area contributed by atoms with Gasteiger partial charge in [0.2, 0.25) is 11.8 Å². The Balaban J connectivity index is 1.36. The number of non-ortho nitro benzene ring substituents is 1. The maximum Gasteiger partial charge on any atom is 0.270 e. The van der Waals surface area contributed by atoms with Gasteiger partial charge in [-0.05, 0) is 78.2 Å². The molecule has 3 aromatic carbocycles. The number of amides is 1. The normalized spacial score (nSPS) is 11.9. The summed E-state index contributed by atoms with van der Waals surface area (Å²) in [6, 6.07) is 19.4. The quantitative estimate of drug-likeness (QED) is 0.130. The fourth-order valence-corrected chi connectivity index (χ4v) is 3.75. The fourth-order valence-electron chi connectivity index (χ4n) is 3.54. The number of aromatic nitrogens is 1. The number of nitro benzene ring substituents is 1. The van der Waals surface area contributed by atoms with E-state index in [1.54, 1.807) is 12.1 Å². The summed E-state index contributed by atoms with van der Waals surface area (Å²) in [5.74, 6) is 0.526. The van der Waals surface area contributed by atoms with Crippen LogP contribution in [0.5, 0.6) is 0 Å². The summed E-state index contributed by atoms with van der Waals surface area (Å²) in [6.07, 6.45) is 3.79. The first-order valence-corrected chi connectivity index (χ1v) is 11.8. The van der Waals surface area contributed by atoms with Crippen LogP contribution in [0, 0.1) is 10.1 Å². The molecule has 0 aliphatic rings. The van der Waals surface area contributed by atoms with E-state index in [9.17, 15) is 14.9 Å². The number of oxazole rings is 1. The third-order valence-electron chi connectivity index (χ3n) is 5.73. The standard InChI is InChI=1S/C27H24N4O4S/c1-3-17(2)20-10-13-24-23(16-20)29-26(35-24)19-8-11-21(12-9-19)28-27(36)30-25(32)14-7-18-5-4-6-22(15-18)31(33)34/h4-17H,3H2,1-2H3,(H2,28,30,32,36)/b14-7+. The summed E-state index contributed by atoms with van der Waals surface area (Å²) in [7, 11) is 0. The third kappa shape index (κ3) is 6.00. The first-order chi connectivity index (χ1) is 17.3. The second kappa shape index (κ2) is 10.9. The highest BCUT2D eigenvalue weighted by atomic mass is 32.1. The van der Waals surface area contributed by atoms with Gasteiger partial charge in [0, 0.05) is 29.5 Å². The number of nitrogens with zero attached hydrogens (tertiary/aromatic N) is 2. The molecule has 1 heterocycles. The molecule has 0 aliphatic heterocycles. The molecule has 2 N–H and O–H groups in total. The van der Waals surface area contributed by atoms with Gasteiger partial charge in [-0.1, -0.05) is 32.0 Å². The van der Waals surface area contributed by atoms with Gasteiger partial charge in [-0.15, -0.1) is 0 Å². The van der Waals surface area contributed by atoms with Gasteiger partial charge in [-0.2, -0.15) is 0 Å². The second-order valence-corrected chi connectivity index (χ2v) is 8.67. The number of nitrogens with one attached hydrogen (secondary N) is 2. The van der Waals surface area contributed by atoms with Crippen LogP contribution in [0.15, 0.2) is 77.2 Å². The average Bonchev–Trinajstić information content (AvgIpc) is 3.31. The van der Waals surface area contributed by atoms with E-state index in [0.29, 0.717) is 23.1 Å². The highest BCUT2D eigenvalue weighted by Crippen LogP contribution is 2.28. The molecule has 0 aliphatic carbocycles. The minimum Gasteiger partial charge on any atom is -0.436 e. The zero-order chi connectivity index (χ0) is 25.7. The molecular formula is C27H24N4O4S. The van der Waals surface area contributed by atoms with Crippen molar-refractivity contribution in [1.82, 2.24) is 10.3 Å². The molecule has 9 heteroatoms. The SMILES string of the molecule is CCC(C)c1ccc2oc(-c3ccc(NC(=S)NC(=O)/C=C/c4cccc([N+](=O)[O-])c4)cc3)nc2c1. The monoisotopic (exact) mass is 500 g/mol. The third-order valence-corrected chi connectivity index (χ3v) is 5.93. The minimum atomic E-state index is -0.490. The second-order valence-electron chi connectivity index (χ2n) is 8.26. The number of hydrogen-bond donors (Lipinski definition) is 2. The lowest BCUT2D eigenvalue weighted by atomic mass is 9.98. The van der Waals surface area contributed by atoms with Crippen molar-refractivity contribution in [3.63, 3.8) is 0 Å². The topological polar surface area (TPSA) is 110 Å². The maximum atomic E-state index is 12.2. The predicted molar refractivity (Wildman–Crippen MR) is 145 cm³/mol. The molecule has 8 nitrogen and oxygen atoms in total. The van der Waals surface area contributed by atoms with Gasteiger partial charge in [0.15, 0.2) is 10.7 Å². The van der Waals surface area contributed by atoms with Crippen LogP contribution in [-0.2, 0) is 4.79 Å². The lowest BCUT2D eigenvalue weighted by Gasteiger charge is -2.08. The largest absolute Gasteiger partial charge is 0.436 e. The van der Waals surface area contributed by atoms with Crippen molar-refractivity contribution >= 4 is 51.8 Å². The number of carbonyl (C=O) groups is 1. The van der Waals surface area contributed by atoms with Gasteiger partial charge in [-0.25, -0.2) is 4.98 Å². The van der Waals surface area contributed by atoms with Crippen LogP contribution in [-0.4, -0.2) is 20.9 Å². The van der Waals surface area contributed by atoms with Gasteiger partial charge in [0.1, 0.15) is 5.52 Å². The van der Waals surface area contributed by atoms with Crippen molar-refractivity contribution in [2.24, 2.45) is 0 Å². The molecule has 182 valence electrons. The van der Waals surface area contributed by atoms with Gasteiger partial charge < -0.3 is 9.73 Å². The lowest BCUT2D eigenvalue weighted by Crippen LogP contribution is -2.32. The van der Waals surface area contributed by atoms with Crippen LogP contribution >= 0.6 is 12.2 Å². The van der Waals surface area contributed by atoms with Gasteiger partial charge >= 0.3 is 0 Å². The number of nitro groups is 1. The zero-order valence-corrected chi connectivity index (χ0v) is 20.5. The molecule has 1 amide bonds. The van der Waals surface area contributed by atoms with E-state index in [0.717, 1.165) is 23.1 Å². The number of benzene rings is 3. The van der Waals surface area contributed by atoms with Crippen LogP contribution in [0.3, 0.4) is 0 Å². The van der Waals surface area contributed by atoms with Crippen LogP contribution in [0.25, 0.3) is 28.6 Å². The number of thiocarbonyl (C=S) groups is 1. The maximum absolute atomic E-state index is 12.2. The van der Waals surface area contributed by atoms with Gasteiger partial charge in [-0.3, -0.25) is 20.2 Å². The molecule has 1 unspecified atom stereocenters. The first kappa shape index (κ1) is 24.7. The summed E-state index contributed by atoms with van der Waals surface area (Å²) in [5, 5.41) is 16.5. The van der Waals surface area contributed by atoms with Crippen molar-refractivity contribution in [2.45, 2.75) is 26.2 Å². The zero-order valence-electron chi connectivity index (χ0n) is 19.7. The summed E-state index contributed by atoms with van der Waals surface area (Å²) in [6.45, 7) is 4.35. The molecular weight excluding hydrogens is 476 g/mol. The van der Waals surface area contributed by atoms with E-state index < -0.39 is 10.8 Å². The van der Waals surface area contributed by atoms with Gasteiger partial charge in [0.05, 0.1) is 4.92 Å². The molecule has 0 radical (unpaired) electrons. The number of carbonyl (C=O) groups excluding carboxylic acids is 1. The van der Waals surface area contributed by atoms with Crippen molar-refractivity contribution in [2.75, 3.05) is 5.32 Å². The Morgan fingerprint density at radius 1 is 1.17 bits per heavy atom. The summed E-state index contributed by atoms with van der Waals surface area (Å²) >= 11 is 5.21. The predicted octanol–water partition coefficient (Wildman–Crippen LogP) is 6.44. The van der Waals surface area contributed by atoms with Crippen molar-refractivity contribution in [1.29, 1.82) is 0 Å². The summed E-state index contributed by atoms with van der Waals surface area (Å²) in [4.78, 5) is 27.2. The van der Waals surface area contributed by atoms with Crippen molar-refractivity contribution < 1.29 is 14.1 Å². The molecule has 1 atom stereocenters. The van der Waals surface area contributed by atoms with Crippen molar-refractivity contribution in [3.8, 4) is 11.5 Å². The number of fused-ring (bicyclic) bond motifs is 1. The van der Waals surface area contributed by atoms with E-state index in [-0.39, 0.29) is 10.8 Å². The lowest BCUT2D eigenvalue weighted by molar-refractivity contribution is -0.384. The smallest absolute Gasteiger partial charge is 0.270 e.